The Kier molecular flexibility index (Phi) is 6.65. The molecule has 4 rings (SSSR count). The third kappa shape index (κ3) is 5.08. The maximum atomic E-state index is 13.0. The molecule has 1 saturated carbocycles. The van der Waals surface area contributed by atoms with E-state index in [0.717, 1.165) is 45.6 Å². The fraction of sp³-hybridized carbons (Fsp3) is 0.583. The lowest BCUT2D eigenvalue weighted by molar-refractivity contribution is -0.137. The Morgan fingerprint density at radius 1 is 1.00 bits per heavy atom. The Morgan fingerprint density at radius 3 is 2.45 bits per heavy atom. The Hall–Kier alpha value is -2.14. The maximum Gasteiger partial charge on any atom is 0.228 e. The Labute approximate surface area is 174 Å². The zero-order chi connectivity index (χ0) is 20.1. The van der Waals surface area contributed by atoms with Gasteiger partial charge in [0.2, 0.25) is 11.8 Å². The molecule has 2 saturated heterocycles. The summed E-state index contributed by atoms with van der Waals surface area (Å²) in [6.45, 7) is 4.89. The molecule has 2 aliphatic heterocycles. The van der Waals surface area contributed by atoms with Gasteiger partial charge < -0.3 is 9.80 Å². The zero-order valence-corrected chi connectivity index (χ0v) is 17.3. The second kappa shape index (κ2) is 9.57. The molecule has 0 radical (unpaired) electrons. The lowest BCUT2D eigenvalue weighted by Gasteiger charge is -2.35. The van der Waals surface area contributed by atoms with E-state index in [1.54, 1.807) is 0 Å². The Morgan fingerprint density at radius 2 is 1.72 bits per heavy atom. The van der Waals surface area contributed by atoms with Crippen LogP contribution in [0.1, 0.15) is 44.1 Å². The maximum absolute atomic E-state index is 13.0. The highest BCUT2D eigenvalue weighted by Gasteiger charge is 2.40. The van der Waals surface area contributed by atoms with Crippen molar-refractivity contribution in [2.45, 2.75) is 44.6 Å². The van der Waals surface area contributed by atoms with E-state index in [2.05, 4.69) is 29.2 Å². The molecule has 0 spiro atoms. The number of likely N-dealkylation sites (tertiary alicyclic amines) is 1. The second-order valence-corrected chi connectivity index (χ2v) is 8.68. The van der Waals surface area contributed by atoms with Crippen LogP contribution in [0.5, 0.6) is 0 Å². The van der Waals surface area contributed by atoms with Gasteiger partial charge in [-0.1, -0.05) is 61.7 Å². The summed E-state index contributed by atoms with van der Waals surface area (Å²) in [4.78, 5) is 31.9. The number of benzene rings is 1. The van der Waals surface area contributed by atoms with Crippen molar-refractivity contribution in [3.63, 3.8) is 0 Å². The van der Waals surface area contributed by atoms with Gasteiger partial charge in [-0.3, -0.25) is 14.5 Å². The van der Waals surface area contributed by atoms with Gasteiger partial charge >= 0.3 is 0 Å². The largest absolute Gasteiger partial charge is 0.340 e. The van der Waals surface area contributed by atoms with E-state index in [4.69, 9.17) is 0 Å². The van der Waals surface area contributed by atoms with Gasteiger partial charge in [-0.05, 0) is 18.4 Å². The van der Waals surface area contributed by atoms with Gasteiger partial charge in [0.25, 0.3) is 0 Å². The summed E-state index contributed by atoms with van der Waals surface area (Å²) in [7, 11) is 0. The van der Waals surface area contributed by atoms with E-state index in [1.807, 2.05) is 28.0 Å². The number of amides is 2. The minimum absolute atomic E-state index is 0.131. The van der Waals surface area contributed by atoms with Gasteiger partial charge in [0.15, 0.2) is 0 Å². The normalized spacial score (nSPS) is 24.6. The van der Waals surface area contributed by atoms with E-state index in [-0.39, 0.29) is 17.7 Å². The molecule has 0 aromatic heterocycles. The van der Waals surface area contributed by atoms with Crippen LogP contribution in [0.15, 0.2) is 36.4 Å². The van der Waals surface area contributed by atoms with Crippen molar-refractivity contribution in [2.24, 2.45) is 5.92 Å². The number of hydrogen-bond acceptors (Lipinski definition) is 3. The van der Waals surface area contributed by atoms with Crippen LogP contribution in [0.2, 0.25) is 0 Å². The summed E-state index contributed by atoms with van der Waals surface area (Å²) in [5.74, 6) is 0.255. The van der Waals surface area contributed by atoms with Crippen molar-refractivity contribution in [3.05, 3.63) is 42.0 Å². The predicted molar refractivity (Wildman–Crippen MR) is 115 cm³/mol. The summed E-state index contributed by atoms with van der Waals surface area (Å²) in [5.41, 5.74) is 1.22. The molecule has 1 unspecified atom stereocenters. The minimum Gasteiger partial charge on any atom is -0.340 e. The lowest BCUT2D eigenvalue weighted by atomic mass is 9.94. The highest BCUT2D eigenvalue weighted by atomic mass is 16.2. The monoisotopic (exact) mass is 395 g/mol. The van der Waals surface area contributed by atoms with Gasteiger partial charge in [0, 0.05) is 51.7 Å². The van der Waals surface area contributed by atoms with Gasteiger partial charge in [0.05, 0.1) is 5.92 Å². The quantitative estimate of drug-likeness (QED) is 0.770. The molecular weight excluding hydrogens is 362 g/mol. The Balaban J connectivity index is 1.23. The van der Waals surface area contributed by atoms with Gasteiger partial charge in [-0.15, -0.1) is 0 Å². The van der Waals surface area contributed by atoms with E-state index < -0.39 is 0 Å². The van der Waals surface area contributed by atoms with Gasteiger partial charge in [0.1, 0.15) is 0 Å². The minimum atomic E-state index is -0.131. The van der Waals surface area contributed by atoms with E-state index in [1.165, 1.54) is 24.8 Å². The summed E-state index contributed by atoms with van der Waals surface area (Å²) in [6.07, 6.45) is 10.7. The van der Waals surface area contributed by atoms with Crippen LogP contribution in [-0.4, -0.2) is 71.8 Å². The zero-order valence-electron chi connectivity index (χ0n) is 17.3. The van der Waals surface area contributed by atoms with Gasteiger partial charge in [-0.25, -0.2) is 0 Å². The molecule has 5 nitrogen and oxygen atoms in total. The molecule has 1 aromatic rings. The molecule has 5 heteroatoms. The molecule has 1 atom stereocenters. The van der Waals surface area contributed by atoms with Crippen molar-refractivity contribution in [1.82, 2.24) is 14.7 Å². The summed E-state index contributed by atoms with van der Waals surface area (Å²) in [5, 5.41) is 0. The van der Waals surface area contributed by atoms with Crippen LogP contribution in [0, 0.1) is 5.92 Å². The molecule has 1 aromatic carbocycles. The van der Waals surface area contributed by atoms with E-state index >= 15 is 0 Å². The first-order valence-electron chi connectivity index (χ1n) is 11.2. The Bertz CT molecular complexity index is 719. The SMILES string of the molecule is O=C(C1CC(=O)N(C2CCCCC2)C1)N1CCN(C/C=C/c2ccccc2)CC1. The van der Waals surface area contributed by atoms with Crippen LogP contribution in [0.3, 0.4) is 0 Å². The van der Waals surface area contributed by atoms with Crippen molar-refractivity contribution < 1.29 is 9.59 Å². The average molecular weight is 396 g/mol. The molecule has 0 bridgehead atoms. The number of rotatable bonds is 5. The predicted octanol–water partition coefficient (Wildman–Crippen LogP) is 3.03. The summed E-state index contributed by atoms with van der Waals surface area (Å²) < 4.78 is 0. The molecule has 2 heterocycles. The first-order chi connectivity index (χ1) is 14.2. The average Bonchev–Trinajstić information content (AvgIpc) is 3.17. The lowest BCUT2D eigenvalue weighted by Crippen LogP contribution is -2.50. The molecule has 2 amide bonds. The summed E-state index contributed by atoms with van der Waals surface area (Å²) in [6, 6.07) is 10.7. The smallest absolute Gasteiger partial charge is 0.228 e. The number of nitrogens with zero attached hydrogens (tertiary/aromatic N) is 3. The van der Waals surface area contributed by atoms with Crippen LogP contribution in [-0.2, 0) is 9.59 Å². The van der Waals surface area contributed by atoms with Crippen LogP contribution >= 0.6 is 0 Å². The highest BCUT2D eigenvalue weighted by Crippen LogP contribution is 2.29. The molecule has 1 aliphatic carbocycles. The summed E-state index contributed by atoms with van der Waals surface area (Å²) >= 11 is 0. The van der Waals surface area contributed by atoms with Crippen molar-refractivity contribution in [3.8, 4) is 0 Å². The number of carbonyl (C=O) groups is 2. The number of hydrogen-bond donors (Lipinski definition) is 0. The number of carbonyl (C=O) groups excluding carboxylic acids is 2. The molecule has 156 valence electrons. The van der Waals surface area contributed by atoms with Crippen molar-refractivity contribution in [1.29, 1.82) is 0 Å². The second-order valence-electron chi connectivity index (χ2n) is 8.68. The fourth-order valence-electron chi connectivity index (χ4n) is 4.95. The standard InChI is InChI=1S/C24H33N3O2/c28-23-18-21(19-27(23)22-11-5-2-6-12-22)24(29)26-16-14-25(15-17-26)13-7-10-20-8-3-1-4-9-20/h1,3-4,7-10,21-22H,2,5-6,11-19H2/b10-7+. The molecule has 3 fully saturated rings. The van der Waals surface area contributed by atoms with Crippen molar-refractivity contribution in [2.75, 3.05) is 39.3 Å². The molecule has 3 aliphatic rings. The van der Waals surface area contributed by atoms with E-state index in [0.29, 0.717) is 19.0 Å². The molecular formula is C24H33N3O2. The number of piperazine rings is 1. The molecule has 29 heavy (non-hydrogen) atoms. The van der Waals surface area contributed by atoms with E-state index in [9.17, 15) is 9.59 Å². The third-order valence-electron chi connectivity index (χ3n) is 6.68. The first kappa shape index (κ1) is 20.1. The van der Waals surface area contributed by atoms with Crippen LogP contribution < -0.4 is 0 Å². The van der Waals surface area contributed by atoms with Crippen LogP contribution in [0.25, 0.3) is 6.08 Å². The molecule has 0 N–H and O–H groups in total. The van der Waals surface area contributed by atoms with Crippen LogP contribution in [0.4, 0.5) is 0 Å². The van der Waals surface area contributed by atoms with Gasteiger partial charge in [-0.2, -0.15) is 0 Å². The third-order valence-corrected chi connectivity index (χ3v) is 6.68. The fourth-order valence-corrected chi connectivity index (χ4v) is 4.95. The topological polar surface area (TPSA) is 43.9 Å². The first-order valence-corrected chi connectivity index (χ1v) is 11.2. The van der Waals surface area contributed by atoms with Crippen molar-refractivity contribution >= 4 is 17.9 Å². The highest BCUT2D eigenvalue weighted by molar-refractivity contribution is 5.89.